The third-order valence-electron chi connectivity index (χ3n) is 8.49. The van der Waals surface area contributed by atoms with E-state index in [1.54, 1.807) is 13.0 Å². The molecule has 0 unspecified atom stereocenters. The zero-order valence-corrected chi connectivity index (χ0v) is 20.3. The molecule has 2 fully saturated rings. The molecule has 0 nitrogen and oxygen atoms in total. The van der Waals surface area contributed by atoms with Crippen LogP contribution in [0.2, 0.25) is 0 Å². The summed E-state index contributed by atoms with van der Waals surface area (Å²) in [5, 5.41) is 0. The minimum absolute atomic E-state index is 0.113. The average molecular weight is 457 g/mol. The summed E-state index contributed by atoms with van der Waals surface area (Å²) >= 11 is 0. The van der Waals surface area contributed by atoms with Crippen LogP contribution in [0.3, 0.4) is 0 Å². The third kappa shape index (κ3) is 5.84. The smallest absolute Gasteiger partial charge is 0.162 e. The lowest BCUT2D eigenvalue weighted by Crippen LogP contribution is -2.17. The van der Waals surface area contributed by atoms with Gasteiger partial charge in [-0.15, -0.1) is 0 Å². The molecule has 0 aliphatic heterocycles. The summed E-state index contributed by atoms with van der Waals surface area (Å²) in [5.41, 5.74) is 2.91. The zero-order valence-electron chi connectivity index (χ0n) is 20.3. The molecule has 2 saturated carbocycles. The van der Waals surface area contributed by atoms with Crippen LogP contribution in [0, 0.1) is 36.2 Å². The number of aryl methyl sites for hydroxylation is 2. The van der Waals surface area contributed by atoms with Crippen LogP contribution in [0.5, 0.6) is 0 Å². The minimum Gasteiger partial charge on any atom is -0.207 e. The van der Waals surface area contributed by atoms with E-state index in [-0.39, 0.29) is 17.7 Å². The van der Waals surface area contributed by atoms with Gasteiger partial charge >= 0.3 is 0 Å². The van der Waals surface area contributed by atoms with Gasteiger partial charge in [0.1, 0.15) is 5.82 Å². The predicted molar refractivity (Wildman–Crippen MR) is 130 cm³/mol. The lowest BCUT2D eigenvalue weighted by Gasteiger charge is -2.31. The van der Waals surface area contributed by atoms with Crippen molar-refractivity contribution in [2.24, 2.45) is 11.8 Å². The van der Waals surface area contributed by atoms with Crippen molar-refractivity contribution < 1.29 is 13.2 Å². The Morgan fingerprint density at radius 2 is 1.21 bits per heavy atom. The first-order valence-electron chi connectivity index (χ1n) is 13.2. The molecule has 0 amide bonds. The van der Waals surface area contributed by atoms with E-state index >= 15 is 8.78 Å². The van der Waals surface area contributed by atoms with Crippen molar-refractivity contribution in [3.05, 3.63) is 70.0 Å². The second kappa shape index (κ2) is 11.1. The maximum atomic E-state index is 15.1. The Morgan fingerprint density at radius 3 is 1.70 bits per heavy atom. The SMILES string of the molecule is CCCC1CCC(c2ccc(C3CCC(CCc4ccc(C)c(F)c4)CC3)c(F)c2F)CC1. The Morgan fingerprint density at radius 1 is 0.697 bits per heavy atom. The molecule has 0 saturated heterocycles. The molecule has 0 atom stereocenters. The van der Waals surface area contributed by atoms with E-state index in [0.29, 0.717) is 22.6 Å². The van der Waals surface area contributed by atoms with Crippen LogP contribution in [0.15, 0.2) is 30.3 Å². The molecule has 2 aromatic carbocycles. The van der Waals surface area contributed by atoms with Gasteiger partial charge in [0.15, 0.2) is 11.6 Å². The fraction of sp³-hybridized carbons (Fsp3) is 0.600. The summed E-state index contributed by atoms with van der Waals surface area (Å²) in [6, 6.07) is 9.28. The molecule has 3 heteroatoms. The van der Waals surface area contributed by atoms with E-state index in [2.05, 4.69) is 6.92 Å². The topological polar surface area (TPSA) is 0 Å². The third-order valence-corrected chi connectivity index (χ3v) is 8.49. The fourth-order valence-electron chi connectivity index (χ4n) is 6.31. The van der Waals surface area contributed by atoms with Crippen molar-refractivity contribution in [1.82, 2.24) is 0 Å². The number of benzene rings is 2. The lowest BCUT2D eigenvalue weighted by atomic mass is 9.75. The zero-order chi connectivity index (χ0) is 23.4. The summed E-state index contributed by atoms with van der Waals surface area (Å²) in [5.74, 6) is 0.309. The highest BCUT2D eigenvalue weighted by atomic mass is 19.2. The Labute approximate surface area is 198 Å². The number of hydrogen-bond donors (Lipinski definition) is 0. The number of rotatable bonds is 7. The first-order chi connectivity index (χ1) is 16.0. The molecule has 180 valence electrons. The van der Waals surface area contributed by atoms with Gasteiger partial charge < -0.3 is 0 Å². The minimum atomic E-state index is -0.596. The maximum absolute atomic E-state index is 15.1. The second-order valence-corrected chi connectivity index (χ2v) is 10.7. The van der Waals surface area contributed by atoms with Crippen molar-refractivity contribution >= 4 is 0 Å². The highest BCUT2D eigenvalue weighted by Crippen LogP contribution is 2.42. The number of halogens is 3. The molecule has 0 spiro atoms. The molecule has 0 bridgehead atoms. The van der Waals surface area contributed by atoms with E-state index in [0.717, 1.165) is 75.7 Å². The van der Waals surface area contributed by atoms with E-state index in [4.69, 9.17) is 0 Å². The molecular formula is C30H39F3. The summed E-state index contributed by atoms with van der Waals surface area (Å²) in [6.45, 7) is 4.01. The van der Waals surface area contributed by atoms with Crippen LogP contribution in [0.25, 0.3) is 0 Å². The lowest BCUT2D eigenvalue weighted by molar-refractivity contribution is 0.298. The van der Waals surface area contributed by atoms with E-state index in [1.165, 1.54) is 12.8 Å². The van der Waals surface area contributed by atoms with Gasteiger partial charge in [0.25, 0.3) is 0 Å². The van der Waals surface area contributed by atoms with Gasteiger partial charge in [-0.05, 0) is 123 Å². The first kappa shape index (κ1) is 24.4. The van der Waals surface area contributed by atoms with Gasteiger partial charge in [-0.1, -0.05) is 44.0 Å². The molecule has 2 aromatic rings. The Bertz CT molecular complexity index is 918. The van der Waals surface area contributed by atoms with Gasteiger partial charge in [0.2, 0.25) is 0 Å². The number of hydrogen-bond acceptors (Lipinski definition) is 0. The Balaban J connectivity index is 1.32. The summed E-state index contributed by atoms with van der Waals surface area (Å²) in [6.07, 6.45) is 12.5. The highest BCUT2D eigenvalue weighted by molar-refractivity contribution is 5.32. The summed E-state index contributed by atoms with van der Waals surface area (Å²) in [7, 11) is 0. The summed E-state index contributed by atoms with van der Waals surface area (Å²) in [4.78, 5) is 0. The monoisotopic (exact) mass is 456 g/mol. The van der Waals surface area contributed by atoms with Crippen molar-refractivity contribution in [2.45, 2.75) is 103 Å². The van der Waals surface area contributed by atoms with Gasteiger partial charge in [-0.2, -0.15) is 0 Å². The van der Waals surface area contributed by atoms with Gasteiger partial charge in [0, 0.05) is 0 Å². The quantitative estimate of drug-likeness (QED) is 0.389. The van der Waals surface area contributed by atoms with Crippen molar-refractivity contribution in [3.63, 3.8) is 0 Å². The molecule has 0 aromatic heterocycles. The average Bonchev–Trinajstić information content (AvgIpc) is 2.83. The van der Waals surface area contributed by atoms with Gasteiger partial charge in [0.05, 0.1) is 0 Å². The molecule has 0 radical (unpaired) electrons. The van der Waals surface area contributed by atoms with E-state index in [9.17, 15) is 4.39 Å². The molecule has 0 N–H and O–H groups in total. The fourth-order valence-corrected chi connectivity index (χ4v) is 6.31. The van der Waals surface area contributed by atoms with Crippen molar-refractivity contribution in [2.75, 3.05) is 0 Å². The van der Waals surface area contributed by atoms with E-state index < -0.39 is 11.6 Å². The second-order valence-electron chi connectivity index (χ2n) is 10.7. The van der Waals surface area contributed by atoms with Crippen LogP contribution in [-0.4, -0.2) is 0 Å². The van der Waals surface area contributed by atoms with Crippen LogP contribution in [-0.2, 0) is 6.42 Å². The van der Waals surface area contributed by atoms with Crippen LogP contribution >= 0.6 is 0 Å². The largest absolute Gasteiger partial charge is 0.207 e. The van der Waals surface area contributed by atoms with E-state index in [1.807, 2.05) is 24.3 Å². The Hall–Kier alpha value is -1.77. The molecular weight excluding hydrogens is 417 g/mol. The van der Waals surface area contributed by atoms with Crippen LogP contribution in [0.4, 0.5) is 13.2 Å². The first-order valence-corrected chi connectivity index (χ1v) is 13.2. The van der Waals surface area contributed by atoms with Crippen LogP contribution < -0.4 is 0 Å². The normalized spacial score (nSPS) is 25.8. The van der Waals surface area contributed by atoms with Gasteiger partial charge in [-0.25, -0.2) is 13.2 Å². The Kier molecular flexibility index (Phi) is 8.20. The van der Waals surface area contributed by atoms with Crippen LogP contribution in [0.1, 0.15) is 112 Å². The summed E-state index contributed by atoms with van der Waals surface area (Å²) < 4.78 is 44.0. The highest BCUT2D eigenvalue weighted by Gasteiger charge is 2.29. The van der Waals surface area contributed by atoms with Gasteiger partial charge in [-0.3, -0.25) is 0 Å². The van der Waals surface area contributed by atoms with Crippen molar-refractivity contribution in [3.8, 4) is 0 Å². The molecule has 2 aliphatic carbocycles. The molecule has 0 heterocycles. The molecule has 33 heavy (non-hydrogen) atoms. The molecule has 4 rings (SSSR count). The predicted octanol–water partition coefficient (Wildman–Crippen LogP) is 9.39. The maximum Gasteiger partial charge on any atom is 0.162 e. The van der Waals surface area contributed by atoms with Crippen molar-refractivity contribution in [1.29, 1.82) is 0 Å². The standard InChI is InChI=1S/C30H39F3/c1-3-4-21-9-13-24(14-10-21)26-17-18-27(30(33)29(26)32)25-15-11-22(12-16-25)7-8-23-6-5-20(2)28(31)19-23/h5-6,17-19,21-22,24-25H,3-4,7-16H2,1-2H3. The molecule has 2 aliphatic rings.